The molecule has 7 nitrogen and oxygen atoms in total. The van der Waals surface area contributed by atoms with Crippen molar-refractivity contribution in [1.82, 2.24) is 10.6 Å². The molecule has 24 heavy (non-hydrogen) atoms. The van der Waals surface area contributed by atoms with Gasteiger partial charge >= 0.3 is 6.03 Å². The van der Waals surface area contributed by atoms with Crippen molar-refractivity contribution in [1.29, 1.82) is 0 Å². The fourth-order valence-corrected chi connectivity index (χ4v) is 2.18. The van der Waals surface area contributed by atoms with E-state index in [0.29, 0.717) is 5.76 Å². The summed E-state index contributed by atoms with van der Waals surface area (Å²) in [5.41, 5.74) is 0.796. The highest BCUT2D eigenvalue weighted by Crippen LogP contribution is 2.13. The summed E-state index contributed by atoms with van der Waals surface area (Å²) < 4.78 is 5.09. The van der Waals surface area contributed by atoms with E-state index in [2.05, 4.69) is 10.6 Å². The van der Waals surface area contributed by atoms with Gasteiger partial charge in [-0.3, -0.25) is 10.1 Å². The number of imide groups is 1. The number of hydrogen-bond donors (Lipinski definition) is 3. The van der Waals surface area contributed by atoms with Gasteiger partial charge in [0.25, 0.3) is 0 Å². The number of urea groups is 1. The maximum absolute atomic E-state index is 12.1. The molecule has 2 rings (SSSR count). The van der Waals surface area contributed by atoms with Gasteiger partial charge in [0, 0.05) is 12.2 Å². The topological polar surface area (TPSA) is 94.8 Å². The van der Waals surface area contributed by atoms with Crippen LogP contribution in [0.2, 0.25) is 0 Å². The molecule has 2 aromatic rings. The highest BCUT2D eigenvalue weighted by molar-refractivity contribution is 5.96. The molecule has 0 aliphatic carbocycles. The monoisotopic (exact) mass is 331 g/mol. The summed E-state index contributed by atoms with van der Waals surface area (Å²) in [6.45, 7) is 2.08. The van der Waals surface area contributed by atoms with Gasteiger partial charge in [0.2, 0.25) is 5.91 Å². The lowest BCUT2D eigenvalue weighted by Gasteiger charge is -2.25. The molecule has 3 amide bonds. The molecule has 0 bridgehead atoms. The average molecular weight is 331 g/mol. The van der Waals surface area contributed by atoms with Crippen LogP contribution in [0.25, 0.3) is 0 Å². The van der Waals surface area contributed by atoms with Gasteiger partial charge in [-0.15, -0.1) is 0 Å². The Balaban J connectivity index is 1.86. The van der Waals surface area contributed by atoms with E-state index in [4.69, 9.17) is 4.42 Å². The number of para-hydroxylation sites is 1. The van der Waals surface area contributed by atoms with Gasteiger partial charge in [-0.05, 0) is 31.2 Å². The van der Waals surface area contributed by atoms with Gasteiger partial charge in [-0.25, -0.2) is 4.79 Å². The highest BCUT2D eigenvalue weighted by atomic mass is 16.3. The lowest BCUT2D eigenvalue weighted by molar-refractivity contribution is -0.118. The van der Waals surface area contributed by atoms with Gasteiger partial charge in [-0.2, -0.15) is 0 Å². The van der Waals surface area contributed by atoms with Crippen LogP contribution in [0.3, 0.4) is 0 Å². The number of carbonyl (C=O) groups excluding carboxylic acids is 2. The molecule has 7 heteroatoms. The number of nitrogens with zero attached hydrogens (tertiary/aromatic N) is 1. The maximum Gasteiger partial charge on any atom is 0.321 e. The van der Waals surface area contributed by atoms with Crippen molar-refractivity contribution in [2.45, 2.75) is 19.6 Å². The second-order valence-corrected chi connectivity index (χ2v) is 5.38. The zero-order chi connectivity index (χ0) is 17.4. The number of benzene rings is 1. The van der Waals surface area contributed by atoms with Crippen LogP contribution in [-0.4, -0.2) is 36.2 Å². The fraction of sp³-hybridized carbons (Fsp3) is 0.294. The first-order valence-corrected chi connectivity index (χ1v) is 7.62. The smallest absolute Gasteiger partial charge is 0.321 e. The van der Waals surface area contributed by atoms with E-state index in [1.54, 1.807) is 24.0 Å². The van der Waals surface area contributed by atoms with Crippen molar-refractivity contribution in [2.75, 3.05) is 18.0 Å². The predicted octanol–water partition coefficient (Wildman–Crippen LogP) is 1.49. The molecule has 1 aromatic heterocycles. The molecule has 0 saturated heterocycles. The standard InChI is InChI=1S/C17H21N3O4/c1-13(21)11-20(14-6-3-2-4-7-14)12-16(22)19-17(23)18-10-15-8-5-9-24-15/h2-9,13,21H,10-12H2,1H3,(H2,18,19,22,23)/t13-/m1/s1. The lowest BCUT2D eigenvalue weighted by atomic mass is 10.2. The number of amides is 3. The molecule has 0 aliphatic heterocycles. The second kappa shape index (κ2) is 8.73. The molecule has 128 valence electrons. The molecule has 0 fully saturated rings. The van der Waals surface area contributed by atoms with Crippen molar-refractivity contribution in [2.24, 2.45) is 0 Å². The zero-order valence-corrected chi connectivity index (χ0v) is 13.4. The molecule has 1 heterocycles. The predicted molar refractivity (Wildman–Crippen MR) is 89.4 cm³/mol. The normalized spacial score (nSPS) is 11.6. The van der Waals surface area contributed by atoms with Crippen LogP contribution in [-0.2, 0) is 11.3 Å². The Morgan fingerprint density at radius 3 is 2.58 bits per heavy atom. The Morgan fingerprint density at radius 2 is 1.96 bits per heavy atom. The van der Waals surface area contributed by atoms with Gasteiger partial charge in [0.1, 0.15) is 5.76 Å². The Bertz CT molecular complexity index is 641. The van der Waals surface area contributed by atoms with Crippen LogP contribution in [0.15, 0.2) is 53.1 Å². The molecule has 1 aromatic carbocycles. The zero-order valence-electron chi connectivity index (χ0n) is 13.4. The maximum atomic E-state index is 12.1. The first kappa shape index (κ1) is 17.6. The number of aliphatic hydroxyl groups excluding tert-OH is 1. The quantitative estimate of drug-likeness (QED) is 0.714. The minimum Gasteiger partial charge on any atom is -0.467 e. The largest absolute Gasteiger partial charge is 0.467 e. The fourth-order valence-electron chi connectivity index (χ4n) is 2.18. The molecule has 3 N–H and O–H groups in total. The van der Waals surface area contributed by atoms with E-state index in [1.165, 1.54) is 6.26 Å². The second-order valence-electron chi connectivity index (χ2n) is 5.38. The van der Waals surface area contributed by atoms with Crippen LogP contribution in [0, 0.1) is 0 Å². The van der Waals surface area contributed by atoms with Crippen LogP contribution >= 0.6 is 0 Å². The molecule has 0 unspecified atom stereocenters. The van der Waals surface area contributed by atoms with Crippen molar-refractivity contribution in [3.8, 4) is 0 Å². The first-order valence-electron chi connectivity index (χ1n) is 7.62. The Kier molecular flexibility index (Phi) is 6.39. The van der Waals surface area contributed by atoms with Crippen molar-refractivity contribution in [3.05, 3.63) is 54.5 Å². The van der Waals surface area contributed by atoms with Crippen molar-refractivity contribution < 1.29 is 19.1 Å². The Morgan fingerprint density at radius 1 is 1.21 bits per heavy atom. The molecule has 0 saturated carbocycles. The third kappa shape index (κ3) is 5.77. The lowest BCUT2D eigenvalue weighted by Crippen LogP contribution is -2.45. The Hall–Kier alpha value is -2.80. The number of furan rings is 1. The average Bonchev–Trinajstić information content (AvgIpc) is 3.06. The summed E-state index contributed by atoms with van der Waals surface area (Å²) in [5, 5.41) is 14.4. The van der Waals surface area contributed by atoms with E-state index < -0.39 is 18.0 Å². The first-order chi connectivity index (χ1) is 11.5. The van der Waals surface area contributed by atoms with E-state index >= 15 is 0 Å². The van der Waals surface area contributed by atoms with Gasteiger partial charge in [0.15, 0.2) is 0 Å². The van der Waals surface area contributed by atoms with E-state index in [1.807, 2.05) is 30.3 Å². The van der Waals surface area contributed by atoms with Crippen LogP contribution < -0.4 is 15.5 Å². The summed E-state index contributed by atoms with van der Waals surface area (Å²) in [5.74, 6) is 0.133. The minimum atomic E-state index is -0.606. The molecule has 0 spiro atoms. The van der Waals surface area contributed by atoms with Gasteiger partial charge in [0.05, 0.1) is 25.5 Å². The van der Waals surface area contributed by atoms with Crippen LogP contribution in [0.1, 0.15) is 12.7 Å². The number of carbonyl (C=O) groups is 2. The van der Waals surface area contributed by atoms with E-state index in [-0.39, 0.29) is 19.6 Å². The van der Waals surface area contributed by atoms with Crippen molar-refractivity contribution >= 4 is 17.6 Å². The molecular formula is C17H21N3O4. The third-order valence-corrected chi connectivity index (χ3v) is 3.20. The molecule has 0 aliphatic rings. The number of nitrogens with one attached hydrogen (secondary N) is 2. The number of hydrogen-bond acceptors (Lipinski definition) is 5. The van der Waals surface area contributed by atoms with E-state index in [0.717, 1.165) is 5.69 Å². The summed E-state index contributed by atoms with van der Waals surface area (Å²) in [7, 11) is 0. The summed E-state index contributed by atoms with van der Waals surface area (Å²) in [6, 6.07) is 12.1. The van der Waals surface area contributed by atoms with E-state index in [9.17, 15) is 14.7 Å². The summed E-state index contributed by atoms with van der Waals surface area (Å²) in [6.07, 6.45) is 0.902. The highest BCUT2D eigenvalue weighted by Gasteiger charge is 2.15. The third-order valence-electron chi connectivity index (χ3n) is 3.20. The van der Waals surface area contributed by atoms with Crippen LogP contribution in [0.4, 0.5) is 10.5 Å². The molecule has 1 atom stereocenters. The van der Waals surface area contributed by atoms with Crippen LogP contribution in [0.5, 0.6) is 0 Å². The van der Waals surface area contributed by atoms with Gasteiger partial charge < -0.3 is 19.7 Å². The number of rotatable bonds is 7. The van der Waals surface area contributed by atoms with Gasteiger partial charge in [-0.1, -0.05) is 18.2 Å². The van der Waals surface area contributed by atoms with Crippen molar-refractivity contribution in [3.63, 3.8) is 0 Å². The summed E-state index contributed by atoms with van der Waals surface area (Å²) in [4.78, 5) is 25.5. The number of aliphatic hydroxyl groups is 1. The minimum absolute atomic E-state index is 0.0386. The molecular weight excluding hydrogens is 310 g/mol. The summed E-state index contributed by atoms with van der Waals surface area (Å²) >= 11 is 0. The molecule has 0 radical (unpaired) electrons. The number of anilines is 1. The Labute approximate surface area is 140 Å². The SMILES string of the molecule is C[C@@H](O)CN(CC(=O)NC(=O)NCc1ccco1)c1ccccc1.